The molecule has 0 radical (unpaired) electrons. The number of aliphatic imine (C=N–C) groups is 1. The van der Waals surface area contributed by atoms with Crippen molar-refractivity contribution in [3.63, 3.8) is 0 Å². The van der Waals surface area contributed by atoms with Crippen LogP contribution in [-0.2, 0) is 18.4 Å². The molecule has 0 atom stereocenters. The maximum atomic E-state index is 5.17. The molecule has 6 heteroatoms. The van der Waals surface area contributed by atoms with Gasteiger partial charge in [0.25, 0.3) is 0 Å². The molecule has 2 N–H and O–H groups in total. The second-order valence-corrected chi connectivity index (χ2v) is 7.77. The van der Waals surface area contributed by atoms with Gasteiger partial charge in [0, 0.05) is 37.4 Å². The SMILES string of the molecule is CN=C(NCCc1nc(C(C)(C)C)cs1)NCc1ccc(OC)cc1. The van der Waals surface area contributed by atoms with Crippen molar-refractivity contribution in [1.82, 2.24) is 15.6 Å². The van der Waals surface area contributed by atoms with Gasteiger partial charge in [-0.1, -0.05) is 32.9 Å². The molecule has 0 fully saturated rings. The molecule has 0 aliphatic heterocycles. The standard InChI is InChI=1S/C19H28N4OS/c1-19(2,3)16-13-25-17(23-16)10-11-21-18(20-4)22-12-14-6-8-15(24-5)9-7-14/h6-9,13H,10-12H2,1-5H3,(H2,20,21,22). The Hall–Kier alpha value is -2.08. The fourth-order valence-electron chi connectivity index (χ4n) is 2.21. The van der Waals surface area contributed by atoms with E-state index in [-0.39, 0.29) is 5.41 Å². The zero-order chi connectivity index (χ0) is 18.3. The number of hydrogen-bond donors (Lipinski definition) is 2. The van der Waals surface area contributed by atoms with Crippen molar-refractivity contribution in [2.75, 3.05) is 20.7 Å². The topological polar surface area (TPSA) is 58.5 Å². The highest BCUT2D eigenvalue weighted by atomic mass is 32.1. The predicted octanol–water partition coefficient (Wildman–Crippen LogP) is 3.36. The summed E-state index contributed by atoms with van der Waals surface area (Å²) in [6, 6.07) is 8.01. The van der Waals surface area contributed by atoms with Crippen LogP contribution < -0.4 is 15.4 Å². The van der Waals surface area contributed by atoms with Gasteiger partial charge in [0.2, 0.25) is 0 Å². The molecule has 136 valence electrons. The Morgan fingerprint density at radius 2 is 1.92 bits per heavy atom. The summed E-state index contributed by atoms with van der Waals surface area (Å²) < 4.78 is 5.17. The minimum atomic E-state index is 0.109. The number of benzene rings is 1. The number of ether oxygens (including phenoxy) is 1. The average Bonchev–Trinajstić information content (AvgIpc) is 3.07. The smallest absolute Gasteiger partial charge is 0.191 e. The van der Waals surface area contributed by atoms with Crippen LogP contribution in [0.1, 0.15) is 37.0 Å². The van der Waals surface area contributed by atoms with Crippen molar-refractivity contribution in [1.29, 1.82) is 0 Å². The van der Waals surface area contributed by atoms with Gasteiger partial charge in [-0.25, -0.2) is 4.98 Å². The number of hydrogen-bond acceptors (Lipinski definition) is 4. The Morgan fingerprint density at radius 3 is 2.48 bits per heavy atom. The molecular formula is C19H28N4OS. The molecule has 0 bridgehead atoms. The van der Waals surface area contributed by atoms with Crippen molar-refractivity contribution >= 4 is 17.3 Å². The lowest BCUT2D eigenvalue weighted by atomic mass is 9.93. The van der Waals surface area contributed by atoms with Crippen LogP contribution in [0.2, 0.25) is 0 Å². The molecule has 0 spiro atoms. The molecule has 25 heavy (non-hydrogen) atoms. The second kappa shape index (κ2) is 8.85. The van der Waals surface area contributed by atoms with Crippen molar-refractivity contribution in [2.24, 2.45) is 4.99 Å². The minimum Gasteiger partial charge on any atom is -0.497 e. The molecule has 1 aromatic carbocycles. The van der Waals surface area contributed by atoms with E-state index in [0.717, 1.165) is 41.9 Å². The van der Waals surface area contributed by atoms with E-state index in [1.807, 2.05) is 24.3 Å². The molecule has 1 heterocycles. The highest BCUT2D eigenvalue weighted by Gasteiger charge is 2.17. The first-order valence-corrected chi connectivity index (χ1v) is 9.32. The van der Waals surface area contributed by atoms with Gasteiger partial charge in [0.05, 0.1) is 17.8 Å². The van der Waals surface area contributed by atoms with Crippen LogP contribution in [0.15, 0.2) is 34.6 Å². The average molecular weight is 361 g/mol. The fourth-order valence-corrected chi connectivity index (χ4v) is 3.23. The van der Waals surface area contributed by atoms with Gasteiger partial charge in [0.15, 0.2) is 5.96 Å². The van der Waals surface area contributed by atoms with Gasteiger partial charge in [-0.05, 0) is 17.7 Å². The summed E-state index contributed by atoms with van der Waals surface area (Å²) in [5.41, 5.74) is 2.45. The first kappa shape index (κ1) is 19.2. The van der Waals surface area contributed by atoms with Crippen LogP contribution in [0.5, 0.6) is 5.75 Å². The van der Waals surface area contributed by atoms with Crippen LogP contribution in [0.25, 0.3) is 0 Å². The summed E-state index contributed by atoms with van der Waals surface area (Å²) in [5.74, 6) is 1.66. The van der Waals surface area contributed by atoms with Crippen molar-refractivity contribution in [3.05, 3.63) is 45.9 Å². The molecule has 0 amide bonds. The van der Waals surface area contributed by atoms with Crippen molar-refractivity contribution in [2.45, 2.75) is 39.2 Å². The van der Waals surface area contributed by atoms with E-state index < -0.39 is 0 Å². The molecule has 0 unspecified atom stereocenters. The third kappa shape index (κ3) is 6.05. The zero-order valence-corrected chi connectivity index (χ0v) is 16.5. The van der Waals surface area contributed by atoms with Gasteiger partial charge in [-0.15, -0.1) is 11.3 Å². The molecule has 0 aliphatic rings. The Kier molecular flexibility index (Phi) is 6.82. The highest BCUT2D eigenvalue weighted by molar-refractivity contribution is 7.09. The van der Waals surface area contributed by atoms with Gasteiger partial charge in [0.1, 0.15) is 5.75 Å². The molecule has 2 aromatic rings. The Morgan fingerprint density at radius 1 is 1.20 bits per heavy atom. The van der Waals surface area contributed by atoms with Gasteiger partial charge >= 0.3 is 0 Å². The fraction of sp³-hybridized carbons (Fsp3) is 0.474. The highest BCUT2D eigenvalue weighted by Crippen LogP contribution is 2.23. The monoisotopic (exact) mass is 360 g/mol. The number of methoxy groups -OCH3 is 1. The van der Waals surface area contributed by atoms with Crippen molar-refractivity contribution < 1.29 is 4.74 Å². The van der Waals surface area contributed by atoms with E-state index in [1.54, 1.807) is 25.5 Å². The first-order chi connectivity index (χ1) is 11.9. The zero-order valence-electron chi connectivity index (χ0n) is 15.7. The predicted molar refractivity (Wildman–Crippen MR) is 106 cm³/mol. The van der Waals surface area contributed by atoms with Crippen LogP contribution in [0.4, 0.5) is 0 Å². The lowest BCUT2D eigenvalue weighted by Gasteiger charge is -2.14. The minimum absolute atomic E-state index is 0.109. The lowest BCUT2D eigenvalue weighted by molar-refractivity contribution is 0.414. The Labute approximate surface area is 154 Å². The molecule has 5 nitrogen and oxygen atoms in total. The van der Waals surface area contributed by atoms with E-state index >= 15 is 0 Å². The largest absolute Gasteiger partial charge is 0.497 e. The number of nitrogens with one attached hydrogen (secondary N) is 2. The molecule has 0 aliphatic carbocycles. The molecule has 0 saturated carbocycles. The lowest BCUT2D eigenvalue weighted by Crippen LogP contribution is -2.37. The quantitative estimate of drug-likeness (QED) is 0.613. The van der Waals surface area contributed by atoms with Crippen molar-refractivity contribution in [3.8, 4) is 5.75 Å². The summed E-state index contributed by atoms with van der Waals surface area (Å²) >= 11 is 1.73. The second-order valence-electron chi connectivity index (χ2n) is 6.83. The summed E-state index contributed by atoms with van der Waals surface area (Å²) in [6.07, 6.45) is 0.893. The van der Waals surface area contributed by atoms with E-state index in [1.165, 1.54) is 5.56 Å². The van der Waals surface area contributed by atoms with E-state index in [0.29, 0.717) is 0 Å². The maximum absolute atomic E-state index is 5.17. The Bertz CT molecular complexity index is 686. The van der Waals surface area contributed by atoms with E-state index in [4.69, 9.17) is 9.72 Å². The van der Waals surface area contributed by atoms with Gasteiger partial charge in [-0.2, -0.15) is 0 Å². The van der Waals surface area contributed by atoms with E-state index in [9.17, 15) is 0 Å². The summed E-state index contributed by atoms with van der Waals surface area (Å²) in [5, 5.41) is 9.97. The summed E-state index contributed by atoms with van der Waals surface area (Å²) in [7, 11) is 3.45. The number of aromatic nitrogens is 1. The van der Waals surface area contributed by atoms with Gasteiger partial charge < -0.3 is 15.4 Å². The number of rotatable bonds is 6. The van der Waals surface area contributed by atoms with E-state index in [2.05, 4.69) is 41.8 Å². The summed E-state index contributed by atoms with van der Waals surface area (Å²) in [6.45, 7) is 8.09. The van der Waals surface area contributed by atoms with Crippen LogP contribution in [-0.4, -0.2) is 31.6 Å². The molecular weight excluding hydrogens is 332 g/mol. The van der Waals surface area contributed by atoms with Crippen LogP contribution >= 0.6 is 11.3 Å². The number of guanidine groups is 1. The maximum Gasteiger partial charge on any atom is 0.191 e. The number of nitrogens with zero attached hydrogens (tertiary/aromatic N) is 2. The Balaban J connectivity index is 1.77. The third-order valence-electron chi connectivity index (χ3n) is 3.79. The molecule has 2 rings (SSSR count). The number of thiazole rings is 1. The molecule has 0 saturated heterocycles. The first-order valence-electron chi connectivity index (χ1n) is 8.44. The van der Waals surface area contributed by atoms with Gasteiger partial charge in [-0.3, -0.25) is 4.99 Å². The summed E-state index contributed by atoms with van der Waals surface area (Å²) in [4.78, 5) is 8.99. The molecule has 1 aromatic heterocycles. The van der Waals surface area contributed by atoms with Crippen LogP contribution in [0, 0.1) is 0 Å². The normalized spacial score (nSPS) is 12.1. The van der Waals surface area contributed by atoms with Crippen LogP contribution in [0.3, 0.4) is 0 Å². The third-order valence-corrected chi connectivity index (χ3v) is 4.70.